The maximum Gasteiger partial charge on any atom is 0.196 e. The smallest absolute Gasteiger partial charge is 0.196 e. The van der Waals surface area contributed by atoms with Crippen molar-refractivity contribution in [1.29, 1.82) is 0 Å². The zero-order valence-corrected chi connectivity index (χ0v) is 10.2. The molecule has 0 amide bonds. The van der Waals surface area contributed by atoms with E-state index in [1.807, 2.05) is 0 Å². The van der Waals surface area contributed by atoms with Crippen LogP contribution in [0.25, 0.3) is 10.9 Å². The summed E-state index contributed by atoms with van der Waals surface area (Å²) in [4.78, 5) is 4.16. The van der Waals surface area contributed by atoms with Gasteiger partial charge in [-0.15, -0.1) is 0 Å². The van der Waals surface area contributed by atoms with Crippen LogP contribution in [0.15, 0.2) is 12.1 Å². The predicted molar refractivity (Wildman–Crippen MR) is 67.2 cm³/mol. The molecule has 1 aliphatic carbocycles. The molecule has 1 aromatic heterocycles. The Morgan fingerprint density at radius 3 is 2.42 bits per heavy atom. The third-order valence-electron chi connectivity index (χ3n) is 3.77. The highest BCUT2D eigenvalue weighted by Gasteiger charge is 2.22. The lowest BCUT2D eigenvalue weighted by Crippen LogP contribution is -2.03. The molecule has 1 heterocycles. The molecule has 5 heteroatoms. The van der Waals surface area contributed by atoms with Gasteiger partial charge in [0.15, 0.2) is 17.5 Å². The number of hydrogen-bond donors (Lipinski definition) is 1. The lowest BCUT2D eigenvalue weighted by atomic mass is 10.0. The molecule has 2 N–H and O–H groups in total. The molecule has 0 atom stereocenters. The molecule has 0 unspecified atom stereocenters. The van der Waals surface area contributed by atoms with Gasteiger partial charge in [0.05, 0.1) is 0 Å². The van der Waals surface area contributed by atoms with Gasteiger partial charge in [0, 0.05) is 22.7 Å². The van der Waals surface area contributed by atoms with Crippen molar-refractivity contribution in [2.75, 3.05) is 5.73 Å². The molecule has 3 rings (SSSR count). The Morgan fingerprint density at radius 2 is 1.74 bits per heavy atom. The van der Waals surface area contributed by atoms with E-state index in [2.05, 4.69) is 4.98 Å². The Balaban J connectivity index is 2.24. The van der Waals surface area contributed by atoms with Crippen molar-refractivity contribution in [1.82, 2.24) is 4.98 Å². The summed E-state index contributed by atoms with van der Waals surface area (Å²) in [6.45, 7) is 0. The molecule has 19 heavy (non-hydrogen) atoms. The molecule has 1 aromatic carbocycles. The standard InChI is InChI=1S/C14H13F3N2/c15-9-5-8-10(18)6-11(7-3-1-2-4-7)19-14(8)13(17)12(9)16/h5-7H,1-4H2,(H2,18,19). The van der Waals surface area contributed by atoms with Crippen molar-refractivity contribution < 1.29 is 13.2 Å². The molecular weight excluding hydrogens is 253 g/mol. The van der Waals surface area contributed by atoms with Gasteiger partial charge in [-0.05, 0) is 25.0 Å². The number of rotatable bonds is 1. The normalized spacial score (nSPS) is 16.4. The summed E-state index contributed by atoms with van der Waals surface area (Å²) in [6.07, 6.45) is 4.15. The van der Waals surface area contributed by atoms with Crippen LogP contribution in [0.1, 0.15) is 37.3 Å². The number of nitrogen functional groups attached to an aromatic ring is 1. The maximum absolute atomic E-state index is 13.8. The van der Waals surface area contributed by atoms with Gasteiger partial charge in [-0.25, -0.2) is 18.2 Å². The van der Waals surface area contributed by atoms with Crippen LogP contribution in [0, 0.1) is 17.5 Å². The Hall–Kier alpha value is -1.78. The molecule has 0 aliphatic heterocycles. The Labute approximate surface area is 108 Å². The number of nitrogens with zero attached hydrogens (tertiary/aromatic N) is 1. The van der Waals surface area contributed by atoms with Crippen molar-refractivity contribution in [2.45, 2.75) is 31.6 Å². The highest BCUT2D eigenvalue weighted by Crippen LogP contribution is 2.36. The molecule has 0 bridgehead atoms. The average Bonchev–Trinajstić information content (AvgIpc) is 2.91. The van der Waals surface area contributed by atoms with Gasteiger partial charge in [0.2, 0.25) is 0 Å². The first-order valence-corrected chi connectivity index (χ1v) is 6.31. The topological polar surface area (TPSA) is 38.9 Å². The Morgan fingerprint density at radius 1 is 1.05 bits per heavy atom. The van der Waals surface area contributed by atoms with E-state index in [4.69, 9.17) is 5.73 Å². The quantitative estimate of drug-likeness (QED) is 0.795. The highest BCUT2D eigenvalue weighted by atomic mass is 19.2. The van der Waals surface area contributed by atoms with Gasteiger partial charge in [-0.2, -0.15) is 0 Å². The molecule has 0 saturated heterocycles. The van der Waals surface area contributed by atoms with Gasteiger partial charge in [0.1, 0.15) is 5.52 Å². The molecule has 0 radical (unpaired) electrons. The number of anilines is 1. The van der Waals surface area contributed by atoms with E-state index in [0.717, 1.165) is 31.7 Å². The van der Waals surface area contributed by atoms with Gasteiger partial charge in [0.25, 0.3) is 0 Å². The number of pyridine rings is 1. The molecular formula is C14H13F3N2. The molecule has 2 aromatic rings. The number of nitrogens with two attached hydrogens (primary N) is 1. The summed E-state index contributed by atoms with van der Waals surface area (Å²) in [6, 6.07) is 2.55. The first kappa shape index (κ1) is 12.3. The first-order chi connectivity index (χ1) is 9.08. The molecule has 0 spiro atoms. The maximum atomic E-state index is 13.8. The number of fused-ring (bicyclic) bond motifs is 1. The lowest BCUT2D eigenvalue weighted by Gasteiger charge is -2.12. The van der Waals surface area contributed by atoms with E-state index >= 15 is 0 Å². The fourth-order valence-electron chi connectivity index (χ4n) is 2.74. The van der Waals surface area contributed by atoms with Gasteiger partial charge in [-0.1, -0.05) is 12.8 Å². The minimum absolute atomic E-state index is 0.123. The zero-order valence-electron chi connectivity index (χ0n) is 10.2. The van der Waals surface area contributed by atoms with Crippen LogP contribution in [-0.4, -0.2) is 4.98 Å². The SMILES string of the molecule is Nc1cc(C2CCCC2)nc2c(F)c(F)c(F)cc12. The monoisotopic (exact) mass is 266 g/mol. The van der Waals surface area contributed by atoms with Crippen LogP contribution in [0.4, 0.5) is 18.9 Å². The summed E-state index contributed by atoms with van der Waals surface area (Å²) in [5.74, 6) is -3.77. The number of aromatic nitrogens is 1. The largest absolute Gasteiger partial charge is 0.398 e. The number of halogens is 3. The van der Waals surface area contributed by atoms with Crippen LogP contribution in [0.2, 0.25) is 0 Å². The van der Waals surface area contributed by atoms with Gasteiger partial charge in [-0.3, -0.25) is 0 Å². The number of hydrogen-bond acceptors (Lipinski definition) is 2. The van der Waals surface area contributed by atoms with E-state index in [1.165, 1.54) is 0 Å². The third-order valence-corrected chi connectivity index (χ3v) is 3.77. The van der Waals surface area contributed by atoms with Crippen LogP contribution in [0.3, 0.4) is 0 Å². The summed E-state index contributed by atoms with van der Waals surface area (Å²) in [7, 11) is 0. The summed E-state index contributed by atoms with van der Waals surface area (Å²) in [5, 5.41) is 0.123. The predicted octanol–water partition coefficient (Wildman–Crippen LogP) is 3.89. The van der Waals surface area contributed by atoms with E-state index < -0.39 is 17.5 Å². The van der Waals surface area contributed by atoms with Crippen LogP contribution < -0.4 is 5.73 Å². The van der Waals surface area contributed by atoms with Crippen molar-refractivity contribution >= 4 is 16.6 Å². The molecule has 100 valence electrons. The fraction of sp³-hybridized carbons (Fsp3) is 0.357. The van der Waals surface area contributed by atoms with Crippen molar-refractivity contribution in [3.8, 4) is 0 Å². The summed E-state index contributed by atoms with van der Waals surface area (Å²) < 4.78 is 40.2. The summed E-state index contributed by atoms with van der Waals surface area (Å²) >= 11 is 0. The lowest BCUT2D eigenvalue weighted by molar-refractivity contribution is 0.452. The van der Waals surface area contributed by atoms with Crippen molar-refractivity contribution in [3.05, 3.63) is 35.3 Å². The van der Waals surface area contributed by atoms with E-state index in [0.29, 0.717) is 5.69 Å². The van der Waals surface area contributed by atoms with E-state index in [9.17, 15) is 13.2 Å². The average molecular weight is 266 g/mol. The van der Waals surface area contributed by atoms with E-state index in [1.54, 1.807) is 6.07 Å². The second-order valence-electron chi connectivity index (χ2n) is 5.00. The molecule has 1 saturated carbocycles. The van der Waals surface area contributed by atoms with Crippen molar-refractivity contribution in [2.24, 2.45) is 0 Å². The Bertz CT molecular complexity index is 649. The highest BCUT2D eigenvalue weighted by molar-refractivity contribution is 5.90. The fourth-order valence-corrected chi connectivity index (χ4v) is 2.74. The van der Waals surface area contributed by atoms with Crippen LogP contribution >= 0.6 is 0 Å². The Kier molecular flexibility index (Phi) is 2.84. The molecule has 2 nitrogen and oxygen atoms in total. The van der Waals surface area contributed by atoms with Crippen LogP contribution in [-0.2, 0) is 0 Å². The molecule has 1 fully saturated rings. The first-order valence-electron chi connectivity index (χ1n) is 6.31. The second kappa shape index (κ2) is 4.40. The second-order valence-corrected chi connectivity index (χ2v) is 5.00. The van der Waals surface area contributed by atoms with Crippen LogP contribution in [0.5, 0.6) is 0 Å². The third kappa shape index (κ3) is 1.93. The minimum Gasteiger partial charge on any atom is -0.398 e. The molecule has 1 aliphatic rings. The van der Waals surface area contributed by atoms with E-state index in [-0.39, 0.29) is 22.5 Å². The van der Waals surface area contributed by atoms with Crippen molar-refractivity contribution in [3.63, 3.8) is 0 Å². The minimum atomic E-state index is -1.50. The zero-order chi connectivity index (χ0) is 13.6. The van der Waals surface area contributed by atoms with Gasteiger partial charge >= 0.3 is 0 Å². The summed E-state index contributed by atoms with van der Waals surface area (Å²) in [5.41, 5.74) is 6.55. The van der Waals surface area contributed by atoms with Gasteiger partial charge < -0.3 is 5.73 Å². The number of benzene rings is 1.